The highest BCUT2D eigenvalue weighted by atomic mass is 16.1. The molecule has 6 nitrogen and oxygen atoms in total. The molecular formula is C18H21N5O. The number of amides is 1. The first-order valence-electron chi connectivity index (χ1n) is 7.98. The third kappa shape index (κ3) is 2.75. The predicted molar refractivity (Wildman–Crippen MR) is 95.5 cm³/mol. The van der Waals surface area contributed by atoms with Gasteiger partial charge in [0, 0.05) is 25.2 Å². The maximum atomic E-state index is 11.8. The fourth-order valence-corrected chi connectivity index (χ4v) is 3.00. The van der Waals surface area contributed by atoms with Crippen LogP contribution in [0.25, 0.3) is 0 Å². The number of rotatable bonds is 3. The molecule has 0 aliphatic carbocycles. The molecule has 0 radical (unpaired) electrons. The zero-order valence-electron chi connectivity index (χ0n) is 14.4. The summed E-state index contributed by atoms with van der Waals surface area (Å²) in [6.07, 6.45) is 1.55. The van der Waals surface area contributed by atoms with Crippen LogP contribution in [0.4, 0.5) is 17.2 Å². The lowest BCUT2D eigenvalue weighted by Gasteiger charge is -2.21. The van der Waals surface area contributed by atoms with Gasteiger partial charge in [-0.2, -0.15) is 0 Å². The summed E-state index contributed by atoms with van der Waals surface area (Å²) in [5.41, 5.74) is 4.21. The Balaban J connectivity index is 2.11. The maximum absolute atomic E-state index is 11.8. The molecule has 0 saturated heterocycles. The summed E-state index contributed by atoms with van der Waals surface area (Å²) in [7, 11) is 1.59. The van der Waals surface area contributed by atoms with E-state index in [9.17, 15) is 4.79 Å². The summed E-state index contributed by atoms with van der Waals surface area (Å²) in [5, 5.41) is 2.59. The number of aliphatic imine (C=N–C) groups is 1. The molecular weight excluding hydrogens is 302 g/mol. The van der Waals surface area contributed by atoms with Crippen LogP contribution in [0.15, 0.2) is 35.6 Å². The molecule has 6 heteroatoms. The van der Waals surface area contributed by atoms with E-state index in [1.54, 1.807) is 20.3 Å². The van der Waals surface area contributed by atoms with Crippen LogP contribution in [0.3, 0.4) is 0 Å². The molecule has 1 amide bonds. The van der Waals surface area contributed by atoms with Crippen LogP contribution < -0.4 is 10.2 Å². The Kier molecular flexibility index (Phi) is 4.29. The summed E-state index contributed by atoms with van der Waals surface area (Å²) < 4.78 is 0. The van der Waals surface area contributed by atoms with E-state index in [4.69, 9.17) is 0 Å². The number of hydrogen-bond donors (Lipinski definition) is 1. The van der Waals surface area contributed by atoms with Crippen molar-refractivity contribution < 1.29 is 4.79 Å². The lowest BCUT2D eigenvalue weighted by Crippen LogP contribution is -2.25. The lowest BCUT2D eigenvalue weighted by molar-refractivity contribution is -0.114. The van der Waals surface area contributed by atoms with E-state index in [1.165, 1.54) is 5.56 Å². The number of aromatic nitrogens is 2. The maximum Gasteiger partial charge on any atom is 0.265 e. The molecule has 0 fully saturated rings. The van der Waals surface area contributed by atoms with Gasteiger partial charge < -0.3 is 10.2 Å². The van der Waals surface area contributed by atoms with Crippen LogP contribution in [0.5, 0.6) is 0 Å². The monoisotopic (exact) mass is 323 g/mol. The average molecular weight is 323 g/mol. The summed E-state index contributed by atoms with van der Waals surface area (Å²) in [6.45, 7) is 6.60. The quantitative estimate of drug-likeness (QED) is 0.882. The lowest BCUT2D eigenvalue weighted by atomic mass is 10.0. The first kappa shape index (κ1) is 16.1. The van der Waals surface area contributed by atoms with Crippen LogP contribution in [0, 0.1) is 6.92 Å². The summed E-state index contributed by atoms with van der Waals surface area (Å²) in [6, 6.07) is 8.32. The summed E-state index contributed by atoms with van der Waals surface area (Å²) >= 11 is 0. The zero-order valence-corrected chi connectivity index (χ0v) is 14.4. The summed E-state index contributed by atoms with van der Waals surface area (Å²) in [5.74, 6) is 0.940. The second-order valence-electron chi connectivity index (χ2n) is 5.98. The van der Waals surface area contributed by atoms with Gasteiger partial charge in [0.15, 0.2) is 5.82 Å². The van der Waals surface area contributed by atoms with E-state index < -0.39 is 0 Å². The molecule has 124 valence electrons. The number of nitrogens with one attached hydrogen (secondary N) is 1. The molecule has 24 heavy (non-hydrogen) atoms. The van der Waals surface area contributed by atoms with Crippen LogP contribution in [0.1, 0.15) is 31.0 Å². The van der Waals surface area contributed by atoms with Crippen molar-refractivity contribution in [2.45, 2.75) is 26.7 Å². The van der Waals surface area contributed by atoms with E-state index in [0.29, 0.717) is 17.3 Å². The Hall–Kier alpha value is -2.76. The topological polar surface area (TPSA) is 70.5 Å². The van der Waals surface area contributed by atoms with Gasteiger partial charge in [-0.15, -0.1) is 0 Å². The van der Waals surface area contributed by atoms with Gasteiger partial charge in [0.25, 0.3) is 5.91 Å². The van der Waals surface area contributed by atoms with Crippen molar-refractivity contribution in [1.29, 1.82) is 0 Å². The van der Waals surface area contributed by atoms with Gasteiger partial charge in [0.1, 0.15) is 17.7 Å². The molecule has 0 bridgehead atoms. The van der Waals surface area contributed by atoms with E-state index >= 15 is 0 Å². The highest BCUT2D eigenvalue weighted by molar-refractivity contribution is 6.38. The van der Waals surface area contributed by atoms with Gasteiger partial charge in [0.2, 0.25) is 0 Å². The minimum Gasteiger partial charge on any atom is -0.354 e. The largest absolute Gasteiger partial charge is 0.354 e. The molecule has 1 aliphatic rings. The Morgan fingerprint density at radius 3 is 2.83 bits per heavy atom. The fraction of sp³-hybridized carbons (Fsp3) is 0.333. The zero-order chi connectivity index (χ0) is 17.3. The molecule has 1 atom stereocenters. The summed E-state index contributed by atoms with van der Waals surface area (Å²) in [4.78, 5) is 27.2. The average Bonchev–Trinajstić information content (AvgIpc) is 2.93. The highest BCUT2D eigenvalue weighted by Crippen LogP contribution is 2.43. The van der Waals surface area contributed by atoms with Crippen molar-refractivity contribution in [3.8, 4) is 0 Å². The van der Waals surface area contributed by atoms with Gasteiger partial charge >= 0.3 is 0 Å². The number of fused-ring (bicyclic) bond motifs is 1. The molecule has 0 saturated carbocycles. The van der Waals surface area contributed by atoms with Crippen LogP contribution in [0.2, 0.25) is 0 Å². The molecule has 3 rings (SSSR count). The van der Waals surface area contributed by atoms with E-state index in [2.05, 4.69) is 50.3 Å². The molecule has 1 aliphatic heterocycles. The molecule has 1 aromatic heterocycles. The number of nitrogens with zero attached hydrogens (tertiary/aromatic N) is 4. The second kappa shape index (κ2) is 6.39. The number of carbonyl (C=O) groups is 1. The SMILES string of the molecule is CNC(=O)C(C)=Nc1c(C)ncnc1N1CC(C)c2ccccc21. The Bertz CT molecular complexity index is 815. The molecule has 1 unspecified atom stereocenters. The number of benzene rings is 1. The van der Waals surface area contributed by atoms with Gasteiger partial charge in [0.05, 0.1) is 5.69 Å². The fourth-order valence-electron chi connectivity index (χ4n) is 3.00. The van der Waals surface area contributed by atoms with Crippen molar-refractivity contribution in [3.05, 3.63) is 41.9 Å². The van der Waals surface area contributed by atoms with Crippen molar-refractivity contribution in [2.24, 2.45) is 4.99 Å². The molecule has 0 spiro atoms. The number of para-hydroxylation sites is 1. The third-order valence-corrected chi connectivity index (χ3v) is 4.29. The van der Waals surface area contributed by atoms with E-state index in [1.807, 2.05) is 13.0 Å². The minimum atomic E-state index is -0.209. The van der Waals surface area contributed by atoms with E-state index in [-0.39, 0.29) is 5.91 Å². The highest BCUT2D eigenvalue weighted by Gasteiger charge is 2.29. The van der Waals surface area contributed by atoms with Crippen molar-refractivity contribution in [2.75, 3.05) is 18.5 Å². The van der Waals surface area contributed by atoms with Gasteiger partial charge in [-0.25, -0.2) is 15.0 Å². The molecule has 2 aromatic rings. The Labute approximate surface area is 141 Å². The van der Waals surface area contributed by atoms with Gasteiger partial charge in [-0.3, -0.25) is 4.79 Å². The Morgan fingerprint density at radius 1 is 1.33 bits per heavy atom. The molecule has 2 heterocycles. The smallest absolute Gasteiger partial charge is 0.265 e. The van der Waals surface area contributed by atoms with Crippen LogP contribution >= 0.6 is 0 Å². The second-order valence-corrected chi connectivity index (χ2v) is 5.98. The van der Waals surface area contributed by atoms with Gasteiger partial charge in [-0.05, 0) is 25.5 Å². The normalized spacial score (nSPS) is 16.9. The van der Waals surface area contributed by atoms with Gasteiger partial charge in [-0.1, -0.05) is 25.1 Å². The minimum absolute atomic E-state index is 0.209. The van der Waals surface area contributed by atoms with Crippen molar-refractivity contribution in [1.82, 2.24) is 15.3 Å². The third-order valence-electron chi connectivity index (χ3n) is 4.29. The predicted octanol–water partition coefficient (Wildman–Crippen LogP) is 2.88. The van der Waals surface area contributed by atoms with Crippen molar-refractivity contribution >= 4 is 28.8 Å². The van der Waals surface area contributed by atoms with Crippen molar-refractivity contribution in [3.63, 3.8) is 0 Å². The number of hydrogen-bond acceptors (Lipinski definition) is 5. The Morgan fingerprint density at radius 2 is 2.08 bits per heavy atom. The number of carbonyl (C=O) groups excluding carboxylic acids is 1. The standard InChI is InChI=1S/C18H21N5O/c1-11-9-23(15-8-6-5-7-14(11)15)17-16(12(2)20-10-21-17)22-13(3)18(24)19-4/h5-8,10-11H,9H2,1-4H3,(H,19,24). The molecule has 1 N–H and O–H groups in total. The first-order chi connectivity index (χ1) is 11.5. The first-order valence-corrected chi connectivity index (χ1v) is 7.98. The van der Waals surface area contributed by atoms with E-state index in [0.717, 1.165) is 23.7 Å². The van der Waals surface area contributed by atoms with Crippen LogP contribution in [-0.2, 0) is 4.79 Å². The number of aryl methyl sites for hydroxylation is 1. The molecule has 1 aromatic carbocycles. The number of anilines is 2. The van der Waals surface area contributed by atoms with Crippen LogP contribution in [-0.4, -0.2) is 35.2 Å².